The third-order valence-electron chi connectivity index (χ3n) is 0.224. The van der Waals surface area contributed by atoms with Crippen molar-refractivity contribution in [3.05, 3.63) is 0 Å². The summed E-state index contributed by atoms with van der Waals surface area (Å²) in [5.41, 5.74) is 0. The van der Waals surface area contributed by atoms with E-state index in [4.69, 9.17) is 5.11 Å². The zero-order valence-electron chi connectivity index (χ0n) is 2.86. The van der Waals surface area contributed by atoms with Crippen molar-refractivity contribution in [3.63, 3.8) is 0 Å². The molecule has 0 heterocycles. The van der Waals surface area contributed by atoms with E-state index in [0.29, 0.717) is 6.61 Å². The quantitative estimate of drug-likeness (QED) is 0.521. The largest absolute Gasteiger partial charge is 0.396 e. The average molecular weight is 92.2 g/mol. The Morgan fingerprint density at radius 3 is 1.50 bits per heavy atom. The van der Waals surface area contributed by atoms with Crippen LogP contribution in [0.15, 0.2) is 0 Å². The Labute approximate surface area is 41.0 Å². The van der Waals surface area contributed by atoms with E-state index in [1.54, 1.807) is 0 Å². The molecule has 0 atom stereocenters. The molecular formula is C5H16O. The van der Waals surface area contributed by atoms with Crippen LogP contribution in [0.25, 0.3) is 0 Å². The van der Waals surface area contributed by atoms with Gasteiger partial charge < -0.3 is 5.11 Å². The molecule has 1 N–H and O–H groups in total. The van der Waals surface area contributed by atoms with Crippen molar-refractivity contribution in [1.29, 1.82) is 0 Å². The van der Waals surface area contributed by atoms with Gasteiger partial charge in [0.25, 0.3) is 0 Å². The first-order chi connectivity index (χ1) is 1.91. The molecule has 0 saturated carbocycles. The molecule has 0 aromatic heterocycles. The molecule has 42 valence electrons. The van der Waals surface area contributed by atoms with Gasteiger partial charge in [0.1, 0.15) is 0 Å². The summed E-state index contributed by atoms with van der Waals surface area (Å²) in [5, 5.41) is 7.88. The molecule has 1 nitrogen and oxygen atoms in total. The summed E-state index contributed by atoms with van der Waals surface area (Å²) in [5.74, 6) is 0. The van der Waals surface area contributed by atoms with Gasteiger partial charge in [0.15, 0.2) is 0 Å². The molecule has 0 rings (SSSR count). The first kappa shape index (κ1) is 16.7. The van der Waals surface area contributed by atoms with E-state index in [1.165, 1.54) is 0 Å². The first-order valence-electron chi connectivity index (χ1n) is 1.52. The van der Waals surface area contributed by atoms with Gasteiger partial charge in [-0.3, -0.25) is 0 Å². The Bertz CT molecular complexity index is 5.90. The second kappa shape index (κ2) is 20.2. The summed E-state index contributed by atoms with van der Waals surface area (Å²) in [4.78, 5) is 0. The maximum Gasteiger partial charge on any atom is 0.0428 e. The fraction of sp³-hybridized carbons (Fsp3) is 1.00. The van der Waals surface area contributed by atoms with Crippen molar-refractivity contribution in [1.82, 2.24) is 0 Å². The molecule has 1 heteroatoms. The van der Waals surface area contributed by atoms with Crippen molar-refractivity contribution in [3.8, 4) is 0 Å². The van der Waals surface area contributed by atoms with Crippen LogP contribution in [-0.2, 0) is 0 Å². The Kier molecular flexibility index (Phi) is 56.5. The molecule has 0 saturated heterocycles. The molecule has 0 fully saturated rings. The predicted octanol–water partition coefficient (Wildman–Crippen LogP) is 1.66. The van der Waals surface area contributed by atoms with Crippen molar-refractivity contribution in [2.45, 2.75) is 28.2 Å². The second-order valence-corrected chi connectivity index (χ2v) is 0.724. The van der Waals surface area contributed by atoms with Gasteiger partial charge in [-0.2, -0.15) is 0 Å². The minimum absolute atomic E-state index is 0. The van der Waals surface area contributed by atoms with Crippen molar-refractivity contribution < 1.29 is 5.11 Å². The molecule has 0 aliphatic rings. The van der Waals surface area contributed by atoms with Crippen LogP contribution in [0.2, 0.25) is 0 Å². The molecule has 0 bridgehead atoms. The Balaban J connectivity index is -0.0000000450. The smallest absolute Gasteiger partial charge is 0.0428 e. The van der Waals surface area contributed by atoms with E-state index in [2.05, 4.69) is 0 Å². The van der Waals surface area contributed by atoms with Gasteiger partial charge in [-0.25, -0.2) is 0 Å². The molecule has 0 spiro atoms. The van der Waals surface area contributed by atoms with Gasteiger partial charge in [-0.05, 0) is 6.42 Å². The molecule has 0 aromatic rings. The summed E-state index contributed by atoms with van der Waals surface area (Å²) in [6.07, 6.45) is 0.875. The number of aliphatic hydroxyl groups excluding tert-OH is 1. The number of rotatable bonds is 1. The van der Waals surface area contributed by atoms with Crippen LogP contribution >= 0.6 is 0 Å². The van der Waals surface area contributed by atoms with E-state index in [-0.39, 0.29) is 14.9 Å². The third kappa shape index (κ3) is 37.6. The minimum Gasteiger partial charge on any atom is -0.396 e. The summed E-state index contributed by atoms with van der Waals surface area (Å²) in [6, 6.07) is 0. The minimum atomic E-state index is 0. The molecule has 0 aromatic carbocycles. The van der Waals surface area contributed by atoms with Crippen molar-refractivity contribution >= 4 is 0 Å². The number of hydrogen-bond donors (Lipinski definition) is 1. The summed E-state index contributed by atoms with van der Waals surface area (Å²) < 4.78 is 0. The van der Waals surface area contributed by atoms with Crippen LogP contribution in [0.3, 0.4) is 0 Å². The van der Waals surface area contributed by atoms with Crippen LogP contribution < -0.4 is 0 Å². The standard InChI is InChI=1S/C3H8O.2CH4/c1-2-3-4;;/h4H,2-3H2,1H3;2*1H4. The fourth-order valence-corrected chi connectivity index (χ4v) is 0. The highest BCUT2D eigenvalue weighted by molar-refractivity contribution is 4.10. The molecule has 0 aliphatic heterocycles. The van der Waals surface area contributed by atoms with Gasteiger partial charge in [0, 0.05) is 6.61 Å². The average Bonchev–Trinajstić information content (AvgIpc) is 1.37. The maximum atomic E-state index is 7.88. The highest BCUT2D eigenvalue weighted by Gasteiger charge is 1.57. The lowest BCUT2D eigenvalue weighted by Crippen LogP contribution is -1.69. The zero-order valence-corrected chi connectivity index (χ0v) is 2.86. The monoisotopic (exact) mass is 92.1 g/mol. The van der Waals surface area contributed by atoms with E-state index >= 15 is 0 Å². The highest BCUT2D eigenvalue weighted by Crippen LogP contribution is 1.61. The predicted molar refractivity (Wildman–Crippen MR) is 30.8 cm³/mol. The Hall–Kier alpha value is -0.0400. The number of aliphatic hydroxyl groups is 1. The van der Waals surface area contributed by atoms with Gasteiger partial charge in [0.05, 0.1) is 0 Å². The van der Waals surface area contributed by atoms with Gasteiger partial charge >= 0.3 is 0 Å². The molecule has 0 amide bonds. The van der Waals surface area contributed by atoms with Crippen LogP contribution in [0.5, 0.6) is 0 Å². The van der Waals surface area contributed by atoms with E-state index in [0.717, 1.165) is 6.42 Å². The SMILES string of the molecule is C.C.CCCO. The summed E-state index contributed by atoms with van der Waals surface area (Å²) >= 11 is 0. The lowest BCUT2D eigenvalue weighted by atomic mass is 10.5. The number of hydrogen-bond acceptors (Lipinski definition) is 1. The first-order valence-corrected chi connectivity index (χ1v) is 1.52. The van der Waals surface area contributed by atoms with Crippen LogP contribution in [0.1, 0.15) is 28.2 Å². The van der Waals surface area contributed by atoms with Gasteiger partial charge in [0.2, 0.25) is 0 Å². The van der Waals surface area contributed by atoms with Gasteiger partial charge in [-0.1, -0.05) is 21.8 Å². The van der Waals surface area contributed by atoms with Crippen LogP contribution in [0, 0.1) is 0 Å². The third-order valence-corrected chi connectivity index (χ3v) is 0.224. The van der Waals surface area contributed by atoms with Crippen LogP contribution in [0.4, 0.5) is 0 Å². The van der Waals surface area contributed by atoms with Gasteiger partial charge in [-0.15, -0.1) is 0 Å². The fourth-order valence-electron chi connectivity index (χ4n) is 0. The zero-order chi connectivity index (χ0) is 3.41. The second-order valence-electron chi connectivity index (χ2n) is 0.724. The summed E-state index contributed by atoms with van der Waals surface area (Å²) in [7, 11) is 0. The Morgan fingerprint density at radius 2 is 1.50 bits per heavy atom. The lowest BCUT2D eigenvalue weighted by molar-refractivity contribution is 0.295. The van der Waals surface area contributed by atoms with E-state index in [1.807, 2.05) is 6.92 Å². The van der Waals surface area contributed by atoms with Crippen LogP contribution in [-0.4, -0.2) is 11.7 Å². The Morgan fingerprint density at radius 1 is 1.33 bits per heavy atom. The molecule has 6 heavy (non-hydrogen) atoms. The molecule has 0 aliphatic carbocycles. The lowest BCUT2D eigenvalue weighted by Gasteiger charge is -1.69. The molecular weight excluding hydrogens is 76.1 g/mol. The highest BCUT2D eigenvalue weighted by atomic mass is 16.2. The van der Waals surface area contributed by atoms with Crippen molar-refractivity contribution in [2.75, 3.05) is 6.61 Å². The topological polar surface area (TPSA) is 20.2 Å². The molecule has 0 radical (unpaired) electrons. The van der Waals surface area contributed by atoms with Crippen molar-refractivity contribution in [2.24, 2.45) is 0 Å². The maximum absolute atomic E-state index is 7.88. The summed E-state index contributed by atoms with van der Waals surface area (Å²) in [6.45, 7) is 2.25. The van der Waals surface area contributed by atoms with E-state index in [9.17, 15) is 0 Å². The molecule has 0 unspecified atom stereocenters. The normalized spacial score (nSPS) is 5.00. The van der Waals surface area contributed by atoms with E-state index < -0.39 is 0 Å².